The normalized spacial score (nSPS) is 28.9. The quantitative estimate of drug-likeness (QED) is 0.549. The number of carbonyl (C=O) groups is 2. The lowest BCUT2D eigenvalue weighted by atomic mass is 9.67. The van der Waals surface area contributed by atoms with Crippen LogP contribution in [0.15, 0.2) is 30.3 Å². The molecule has 1 aliphatic heterocycles. The first-order valence-electron chi connectivity index (χ1n) is 12.1. The third-order valence-corrected chi connectivity index (χ3v) is 8.24. The van der Waals surface area contributed by atoms with Crippen molar-refractivity contribution >= 4 is 11.9 Å². The molecule has 4 rings (SSSR count). The first-order chi connectivity index (χ1) is 15.7. The Morgan fingerprint density at radius 3 is 2.30 bits per heavy atom. The van der Waals surface area contributed by atoms with Gasteiger partial charge in [-0.3, -0.25) is 9.69 Å². The second kappa shape index (κ2) is 9.24. The number of aliphatic hydroxyl groups excluding tert-OH is 1. The molecule has 2 aliphatic carbocycles. The Morgan fingerprint density at radius 1 is 1.09 bits per heavy atom. The molecule has 1 aromatic rings. The zero-order chi connectivity index (χ0) is 23.7. The number of urea groups is 1. The van der Waals surface area contributed by atoms with E-state index in [0.29, 0.717) is 13.1 Å². The van der Waals surface area contributed by atoms with E-state index in [4.69, 9.17) is 5.11 Å². The Kier molecular flexibility index (Phi) is 6.71. The van der Waals surface area contributed by atoms with Gasteiger partial charge < -0.3 is 25.3 Å². The van der Waals surface area contributed by atoms with Crippen LogP contribution in [0.4, 0.5) is 4.79 Å². The molecule has 0 atom stereocenters. The smallest absolute Gasteiger partial charge is 0.321 e. The Balaban J connectivity index is 1.57. The fraction of sp³-hybridized carbons (Fsp3) is 0.680. The van der Waals surface area contributed by atoms with Crippen LogP contribution in [0, 0.1) is 0 Å². The molecule has 33 heavy (non-hydrogen) atoms. The number of aliphatic hydroxyl groups is 2. The highest BCUT2D eigenvalue weighted by Gasteiger charge is 2.56. The largest absolute Gasteiger partial charge is 0.395 e. The third kappa shape index (κ3) is 4.48. The standard InChI is InChI=1S/C25H38N4O4/c1-27(2)25(20-7-4-3-5-8-20)13-11-23(12-14-25)18-28(17-21(31)26-15-16-30)22(32)29(23)19-24(33)9-6-10-24/h3-5,7-8,30,33H,6,9-19H2,1-2H3,(H,26,31)/t23-,25-. The average molecular weight is 459 g/mol. The van der Waals surface area contributed by atoms with Crippen LogP contribution < -0.4 is 5.32 Å². The first-order valence-corrected chi connectivity index (χ1v) is 12.1. The molecule has 8 heteroatoms. The van der Waals surface area contributed by atoms with Crippen LogP contribution in [-0.4, -0.2) is 94.9 Å². The van der Waals surface area contributed by atoms with E-state index in [2.05, 4.69) is 48.6 Å². The van der Waals surface area contributed by atoms with Crippen molar-refractivity contribution in [3.63, 3.8) is 0 Å². The fourth-order valence-corrected chi connectivity index (χ4v) is 6.00. The van der Waals surface area contributed by atoms with Gasteiger partial charge in [0.25, 0.3) is 0 Å². The molecule has 3 aliphatic rings. The number of amides is 3. The van der Waals surface area contributed by atoms with Crippen LogP contribution in [0.5, 0.6) is 0 Å². The van der Waals surface area contributed by atoms with Gasteiger partial charge in [-0.2, -0.15) is 0 Å². The molecule has 1 saturated heterocycles. The first kappa shape index (κ1) is 24.0. The highest BCUT2D eigenvalue weighted by Crippen LogP contribution is 2.49. The van der Waals surface area contributed by atoms with Crippen LogP contribution >= 0.6 is 0 Å². The Morgan fingerprint density at radius 2 is 1.76 bits per heavy atom. The van der Waals surface area contributed by atoms with Crippen molar-refractivity contribution in [1.29, 1.82) is 0 Å². The Bertz CT molecular complexity index is 847. The number of benzene rings is 1. The van der Waals surface area contributed by atoms with Crippen molar-refractivity contribution in [3.8, 4) is 0 Å². The molecule has 8 nitrogen and oxygen atoms in total. The molecular weight excluding hydrogens is 420 g/mol. The second-order valence-corrected chi connectivity index (χ2v) is 10.4. The van der Waals surface area contributed by atoms with Crippen LogP contribution in [-0.2, 0) is 10.3 Å². The highest BCUT2D eigenvalue weighted by molar-refractivity contribution is 5.86. The van der Waals surface area contributed by atoms with Crippen LogP contribution in [0.3, 0.4) is 0 Å². The van der Waals surface area contributed by atoms with E-state index < -0.39 is 5.60 Å². The van der Waals surface area contributed by atoms with Crippen molar-refractivity contribution < 1.29 is 19.8 Å². The predicted molar refractivity (Wildman–Crippen MR) is 126 cm³/mol. The minimum atomic E-state index is -0.812. The van der Waals surface area contributed by atoms with Gasteiger partial charge in [0.05, 0.1) is 24.3 Å². The molecule has 1 aromatic carbocycles. The molecule has 1 spiro atoms. The van der Waals surface area contributed by atoms with Gasteiger partial charge in [0.1, 0.15) is 6.54 Å². The van der Waals surface area contributed by atoms with Crippen LogP contribution in [0.1, 0.15) is 50.5 Å². The zero-order valence-electron chi connectivity index (χ0n) is 19.9. The summed E-state index contributed by atoms with van der Waals surface area (Å²) in [5.41, 5.74) is 0.000476. The highest BCUT2D eigenvalue weighted by atomic mass is 16.3. The summed E-state index contributed by atoms with van der Waals surface area (Å²) >= 11 is 0. The third-order valence-electron chi connectivity index (χ3n) is 8.24. The molecule has 0 bridgehead atoms. The van der Waals surface area contributed by atoms with Gasteiger partial charge >= 0.3 is 6.03 Å². The zero-order valence-corrected chi connectivity index (χ0v) is 19.9. The molecule has 3 amide bonds. The Hall–Kier alpha value is -2.16. The number of carbonyl (C=O) groups excluding carboxylic acids is 2. The van der Waals surface area contributed by atoms with Crippen LogP contribution in [0.2, 0.25) is 0 Å². The number of nitrogens with zero attached hydrogens (tertiary/aromatic N) is 3. The molecule has 2 saturated carbocycles. The van der Waals surface area contributed by atoms with Crippen molar-refractivity contribution in [2.45, 2.75) is 61.6 Å². The molecular formula is C25H38N4O4. The van der Waals surface area contributed by atoms with Gasteiger partial charge in [0, 0.05) is 18.6 Å². The molecule has 0 radical (unpaired) electrons. The molecule has 1 heterocycles. The summed E-state index contributed by atoms with van der Waals surface area (Å²) in [4.78, 5) is 31.6. The van der Waals surface area contributed by atoms with Gasteiger partial charge in [-0.25, -0.2) is 4.79 Å². The molecule has 0 unspecified atom stereocenters. The van der Waals surface area contributed by atoms with Crippen molar-refractivity contribution in [2.75, 3.05) is 46.9 Å². The van der Waals surface area contributed by atoms with E-state index in [0.717, 1.165) is 44.9 Å². The van der Waals surface area contributed by atoms with E-state index in [1.807, 2.05) is 11.0 Å². The van der Waals surface area contributed by atoms with Gasteiger partial charge in [-0.05, 0) is 64.6 Å². The summed E-state index contributed by atoms with van der Waals surface area (Å²) < 4.78 is 0. The van der Waals surface area contributed by atoms with E-state index in [1.165, 1.54) is 5.56 Å². The number of nitrogens with one attached hydrogen (secondary N) is 1. The van der Waals surface area contributed by atoms with Crippen molar-refractivity contribution in [2.24, 2.45) is 0 Å². The van der Waals surface area contributed by atoms with Crippen molar-refractivity contribution in [1.82, 2.24) is 20.0 Å². The molecule has 182 valence electrons. The van der Waals surface area contributed by atoms with E-state index in [-0.39, 0.29) is 42.7 Å². The lowest BCUT2D eigenvalue weighted by Gasteiger charge is -2.52. The topological polar surface area (TPSA) is 96.3 Å². The van der Waals surface area contributed by atoms with Gasteiger partial charge in [0.15, 0.2) is 0 Å². The average Bonchev–Trinajstić information content (AvgIpc) is 3.03. The summed E-state index contributed by atoms with van der Waals surface area (Å²) in [6, 6.07) is 10.4. The SMILES string of the molecule is CN(C)[C@]1(c2ccccc2)CC[C@@]2(CC1)CN(CC(=O)NCCO)C(=O)N2CC1(O)CCC1. The summed E-state index contributed by atoms with van der Waals surface area (Å²) in [5.74, 6) is -0.264. The number of hydrogen-bond donors (Lipinski definition) is 3. The summed E-state index contributed by atoms with van der Waals surface area (Å²) in [7, 11) is 4.24. The van der Waals surface area contributed by atoms with Gasteiger partial charge in [-0.1, -0.05) is 30.3 Å². The maximum atomic E-state index is 13.5. The number of rotatable bonds is 8. The number of hydrogen-bond acceptors (Lipinski definition) is 5. The molecule has 3 N–H and O–H groups in total. The van der Waals surface area contributed by atoms with E-state index >= 15 is 0 Å². The maximum absolute atomic E-state index is 13.5. The fourth-order valence-electron chi connectivity index (χ4n) is 6.00. The van der Waals surface area contributed by atoms with Gasteiger partial charge in [0.2, 0.25) is 5.91 Å². The number of β-amino-alcohol motifs (C(OH)–C–C–N with tert-alkyl or cyclic N) is 1. The minimum Gasteiger partial charge on any atom is -0.395 e. The molecule has 3 fully saturated rings. The van der Waals surface area contributed by atoms with Gasteiger partial charge in [-0.15, -0.1) is 0 Å². The summed E-state index contributed by atoms with van der Waals surface area (Å²) in [6.07, 6.45) is 5.85. The second-order valence-electron chi connectivity index (χ2n) is 10.4. The minimum absolute atomic E-state index is 0.0208. The maximum Gasteiger partial charge on any atom is 0.321 e. The van der Waals surface area contributed by atoms with E-state index in [1.54, 1.807) is 4.90 Å². The van der Waals surface area contributed by atoms with E-state index in [9.17, 15) is 14.7 Å². The lowest BCUT2D eigenvalue weighted by Crippen LogP contribution is -2.59. The Labute approximate surface area is 196 Å². The van der Waals surface area contributed by atoms with Crippen molar-refractivity contribution in [3.05, 3.63) is 35.9 Å². The summed E-state index contributed by atoms with van der Waals surface area (Å²) in [6.45, 7) is 0.855. The molecule has 0 aromatic heterocycles. The lowest BCUT2D eigenvalue weighted by molar-refractivity contribution is -0.121. The van der Waals surface area contributed by atoms with Crippen LogP contribution in [0.25, 0.3) is 0 Å². The monoisotopic (exact) mass is 458 g/mol. The predicted octanol–water partition coefficient (Wildman–Crippen LogP) is 1.52. The summed E-state index contributed by atoms with van der Waals surface area (Å²) in [5, 5.41) is 22.6.